The van der Waals surface area contributed by atoms with E-state index >= 15 is 0 Å². The van der Waals surface area contributed by atoms with E-state index in [1.807, 2.05) is 0 Å². The van der Waals surface area contributed by atoms with E-state index in [-0.39, 0.29) is 5.54 Å². The van der Waals surface area contributed by atoms with Crippen molar-refractivity contribution < 1.29 is 0 Å². The van der Waals surface area contributed by atoms with Gasteiger partial charge in [0.2, 0.25) is 0 Å². The molecule has 0 aliphatic carbocycles. The molecule has 0 fully saturated rings. The minimum Gasteiger partial charge on any atom is -0.369 e. The SMILES string of the molecule is CCC(C)(CCc1ccccc1)NC1=NCCCCCC1. The number of rotatable bonds is 5. The van der Waals surface area contributed by atoms with Gasteiger partial charge in [-0.05, 0) is 44.6 Å². The van der Waals surface area contributed by atoms with E-state index in [1.165, 1.54) is 37.1 Å². The Hall–Kier alpha value is -1.31. The van der Waals surface area contributed by atoms with Gasteiger partial charge in [0.05, 0.1) is 5.84 Å². The van der Waals surface area contributed by atoms with Crippen LogP contribution in [0.2, 0.25) is 0 Å². The van der Waals surface area contributed by atoms with E-state index in [0.717, 1.165) is 32.2 Å². The number of benzene rings is 1. The van der Waals surface area contributed by atoms with Crippen LogP contribution >= 0.6 is 0 Å². The normalized spacial score (nSPS) is 19.0. The van der Waals surface area contributed by atoms with E-state index in [2.05, 4.69) is 49.5 Å². The predicted octanol–water partition coefficient (Wildman–Crippen LogP) is 4.74. The van der Waals surface area contributed by atoms with Crippen LogP contribution in [0.25, 0.3) is 0 Å². The molecule has 0 saturated carbocycles. The molecule has 1 aliphatic rings. The maximum absolute atomic E-state index is 4.78. The fourth-order valence-electron chi connectivity index (χ4n) is 2.89. The van der Waals surface area contributed by atoms with Gasteiger partial charge in [-0.2, -0.15) is 0 Å². The van der Waals surface area contributed by atoms with Gasteiger partial charge in [0, 0.05) is 18.5 Å². The molecule has 0 radical (unpaired) electrons. The Morgan fingerprint density at radius 3 is 2.62 bits per heavy atom. The van der Waals surface area contributed by atoms with Crippen LogP contribution in [0.1, 0.15) is 64.4 Å². The third-order valence-corrected chi connectivity index (χ3v) is 4.66. The molecule has 1 atom stereocenters. The van der Waals surface area contributed by atoms with Crippen molar-refractivity contribution in [1.29, 1.82) is 0 Å². The van der Waals surface area contributed by atoms with Gasteiger partial charge < -0.3 is 5.32 Å². The molecule has 1 aromatic rings. The van der Waals surface area contributed by atoms with Crippen molar-refractivity contribution >= 4 is 5.84 Å². The van der Waals surface area contributed by atoms with E-state index < -0.39 is 0 Å². The number of aryl methyl sites for hydroxylation is 1. The van der Waals surface area contributed by atoms with Gasteiger partial charge in [0.1, 0.15) is 0 Å². The number of nitrogens with one attached hydrogen (secondary N) is 1. The van der Waals surface area contributed by atoms with Crippen molar-refractivity contribution in [3.8, 4) is 0 Å². The molecule has 0 amide bonds. The second kappa shape index (κ2) is 8.21. The molecule has 1 unspecified atom stereocenters. The largest absolute Gasteiger partial charge is 0.369 e. The van der Waals surface area contributed by atoms with Crippen molar-refractivity contribution in [3.05, 3.63) is 35.9 Å². The fraction of sp³-hybridized carbons (Fsp3) is 0.632. The van der Waals surface area contributed by atoms with E-state index in [1.54, 1.807) is 0 Å². The minimum atomic E-state index is 0.161. The highest BCUT2D eigenvalue weighted by molar-refractivity contribution is 5.82. The summed E-state index contributed by atoms with van der Waals surface area (Å²) < 4.78 is 0. The van der Waals surface area contributed by atoms with E-state index in [0.29, 0.717) is 0 Å². The standard InChI is InChI=1S/C19H30N2/c1-3-19(2,15-14-17-11-7-6-8-12-17)21-18-13-9-4-5-10-16-20-18/h6-8,11-12H,3-5,9-10,13-16H2,1-2H3,(H,20,21). The molecule has 1 N–H and O–H groups in total. The first-order valence-electron chi connectivity index (χ1n) is 8.57. The summed E-state index contributed by atoms with van der Waals surface area (Å²) in [5.74, 6) is 1.24. The topological polar surface area (TPSA) is 24.4 Å². The average molecular weight is 286 g/mol. The maximum Gasteiger partial charge on any atom is 0.0967 e. The third-order valence-electron chi connectivity index (χ3n) is 4.66. The van der Waals surface area contributed by atoms with Gasteiger partial charge in [-0.25, -0.2) is 0 Å². The van der Waals surface area contributed by atoms with Crippen molar-refractivity contribution in [1.82, 2.24) is 5.32 Å². The molecular weight excluding hydrogens is 256 g/mol. The van der Waals surface area contributed by atoms with Crippen LogP contribution in [0.5, 0.6) is 0 Å². The van der Waals surface area contributed by atoms with Gasteiger partial charge in [-0.3, -0.25) is 4.99 Å². The first kappa shape index (κ1) is 16.1. The van der Waals surface area contributed by atoms with Crippen molar-refractivity contribution in [2.24, 2.45) is 4.99 Å². The van der Waals surface area contributed by atoms with E-state index in [4.69, 9.17) is 4.99 Å². The highest BCUT2D eigenvalue weighted by atomic mass is 15.0. The smallest absolute Gasteiger partial charge is 0.0967 e. The third kappa shape index (κ3) is 5.53. The molecule has 2 nitrogen and oxygen atoms in total. The zero-order valence-electron chi connectivity index (χ0n) is 13.7. The fourth-order valence-corrected chi connectivity index (χ4v) is 2.89. The first-order valence-corrected chi connectivity index (χ1v) is 8.57. The zero-order valence-corrected chi connectivity index (χ0v) is 13.7. The van der Waals surface area contributed by atoms with Gasteiger partial charge >= 0.3 is 0 Å². The summed E-state index contributed by atoms with van der Waals surface area (Å²) >= 11 is 0. The number of aliphatic imine (C=N–C) groups is 1. The summed E-state index contributed by atoms with van der Waals surface area (Å²) in [5.41, 5.74) is 1.59. The summed E-state index contributed by atoms with van der Waals surface area (Å²) in [6.45, 7) is 5.62. The predicted molar refractivity (Wildman–Crippen MR) is 92.0 cm³/mol. The Morgan fingerprint density at radius 2 is 1.86 bits per heavy atom. The molecule has 116 valence electrons. The second-order valence-corrected chi connectivity index (χ2v) is 6.52. The number of hydrogen-bond acceptors (Lipinski definition) is 2. The van der Waals surface area contributed by atoms with Gasteiger partial charge in [0.25, 0.3) is 0 Å². The van der Waals surface area contributed by atoms with Crippen LogP contribution in [-0.4, -0.2) is 17.9 Å². The van der Waals surface area contributed by atoms with Crippen LogP contribution in [-0.2, 0) is 6.42 Å². The summed E-state index contributed by atoms with van der Waals surface area (Å²) in [6.07, 6.45) is 9.78. The molecule has 0 saturated heterocycles. The average Bonchev–Trinajstić information content (AvgIpc) is 2.49. The summed E-state index contributed by atoms with van der Waals surface area (Å²) in [7, 11) is 0. The summed E-state index contributed by atoms with van der Waals surface area (Å²) in [6, 6.07) is 10.8. The van der Waals surface area contributed by atoms with E-state index in [9.17, 15) is 0 Å². The Bertz CT molecular complexity index is 438. The van der Waals surface area contributed by atoms with Gasteiger partial charge in [-0.1, -0.05) is 50.1 Å². The molecule has 2 rings (SSSR count). The highest BCUT2D eigenvalue weighted by Crippen LogP contribution is 2.19. The van der Waals surface area contributed by atoms with Crippen LogP contribution in [0.4, 0.5) is 0 Å². The number of amidine groups is 1. The lowest BCUT2D eigenvalue weighted by Crippen LogP contribution is -2.46. The van der Waals surface area contributed by atoms with Crippen molar-refractivity contribution in [2.75, 3.05) is 6.54 Å². The molecule has 0 bridgehead atoms. The maximum atomic E-state index is 4.78. The Balaban J connectivity index is 1.92. The lowest BCUT2D eigenvalue weighted by atomic mass is 9.90. The van der Waals surface area contributed by atoms with Gasteiger partial charge in [-0.15, -0.1) is 0 Å². The highest BCUT2D eigenvalue weighted by Gasteiger charge is 2.23. The Labute approximate surface area is 130 Å². The molecule has 2 heteroatoms. The van der Waals surface area contributed by atoms with Crippen LogP contribution in [0.15, 0.2) is 35.3 Å². The molecular formula is C19H30N2. The molecule has 0 aromatic heterocycles. The lowest BCUT2D eigenvalue weighted by Gasteiger charge is -2.32. The van der Waals surface area contributed by atoms with Crippen LogP contribution in [0.3, 0.4) is 0 Å². The quantitative estimate of drug-likeness (QED) is 0.830. The number of hydrogen-bond donors (Lipinski definition) is 1. The van der Waals surface area contributed by atoms with Crippen molar-refractivity contribution in [3.63, 3.8) is 0 Å². The van der Waals surface area contributed by atoms with Crippen LogP contribution < -0.4 is 5.32 Å². The number of nitrogens with zero attached hydrogens (tertiary/aromatic N) is 1. The molecule has 1 heterocycles. The summed E-state index contributed by atoms with van der Waals surface area (Å²) in [4.78, 5) is 4.78. The second-order valence-electron chi connectivity index (χ2n) is 6.52. The minimum absolute atomic E-state index is 0.161. The molecule has 0 spiro atoms. The Kier molecular flexibility index (Phi) is 6.28. The molecule has 1 aromatic carbocycles. The Morgan fingerprint density at radius 1 is 1.10 bits per heavy atom. The zero-order chi connectivity index (χ0) is 15.0. The first-order chi connectivity index (χ1) is 10.2. The molecule has 1 aliphatic heterocycles. The molecule has 21 heavy (non-hydrogen) atoms. The lowest BCUT2D eigenvalue weighted by molar-refractivity contribution is 0.369. The monoisotopic (exact) mass is 286 g/mol. The van der Waals surface area contributed by atoms with Crippen LogP contribution in [0, 0.1) is 0 Å². The van der Waals surface area contributed by atoms with Gasteiger partial charge in [0.15, 0.2) is 0 Å². The summed E-state index contributed by atoms with van der Waals surface area (Å²) in [5, 5.41) is 3.77. The van der Waals surface area contributed by atoms with Crippen molar-refractivity contribution in [2.45, 2.75) is 70.8 Å².